The highest BCUT2D eigenvalue weighted by Gasteiger charge is 2.33. The fourth-order valence-corrected chi connectivity index (χ4v) is 2.86. The molecule has 2 aliphatic rings. The molecule has 126 valence electrons. The fraction of sp³-hybridized carbons (Fsp3) is 0.667. The first-order valence-electron chi connectivity index (χ1n) is 7.75. The zero-order valence-corrected chi connectivity index (χ0v) is 14.4. The average molecular weight is 341 g/mol. The van der Waals surface area contributed by atoms with E-state index in [9.17, 15) is 4.79 Å². The molecule has 1 aromatic rings. The molecule has 0 radical (unpaired) electrons. The lowest BCUT2D eigenvalue weighted by Crippen LogP contribution is -2.38. The number of nitrogens with zero attached hydrogens (tertiary/aromatic N) is 4. The summed E-state index contributed by atoms with van der Waals surface area (Å²) in [5.41, 5.74) is 0.249. The van der Waals surface area contributed by atoms with Crippen LogP contribution in [0.25, 0.3) is 0 Å². The summed E-state index contributed by atoms with van der Waals surface area (Å²) in [6.07, 6.45) is 0.232. The van der Waals surface area contributed by atoms with E-state index in [-0.39, 0.29) is 0 Å². The molecule has 1 amide bonds. The van der Waals surface area contributed by atoms with E-state index in [0.29, 0.717) is 56.2 Å². The lowest BCUT2D eigenvalue weighted by atomic mass is 10.2. The van der Waals surface area contributed by atoms with E-state index in [1.54, 1.807) is 0 Å². The number of morpholine rings is 1. The molecule has 1 aromatic heterocycles. The fourth-order valence-electron chi connectivity index (χ4n) is 2.60. The van der Waals surface area contributed by atoms with Gasteiger partial charge in [-0.2, -0.15) is 4.98 Å². The minimum Gasteiger partial charge on any atom is -0.443 e. The molecule has 0 bridgehead atoms. The van der Waals surface area contributed by atoms with Gasteiger partial charge in [-0.15, -0.1) is 0 Å². The van der Waals surface area contributed by atoms with Crippen molar-refractivity contribution in [2.24, 2.45) is 0 Å². The van der Waals surface area contributed by atoms with Crippen LogP contribution < -0.4 is 9.80 Å². The van der Waals surface area contributed by atoms with Crippen molar-refractivity contribution >= 4 is 29.5 Å². The van der Waals surface area contributed by atoms with E-state index in [2.05, 4.69) is 9.97 Å². The van der Waals surface area contributed by atoms with Crippen LogP contribution in [0.5, 0.6) is 0 Å². The van der Waals surface area contributed by atoms with Crippen LogP contribution in [0, 0.1) is 0 Å². The maximum absolute atomic E-state index is 12.4. The summed E-state index contributed by atoms with van der Waals surface area (Å²) in [7, 11) is 0. The minimum absolute atomic E-state index is 0.404. The largest absolute Gasteiger partial charge is 0.443 e. The molecule has 0 saturated carbocycles. The van der Waals surface area contributed by atoms with Gasteiger partial charge in [0, 0.05) is 25.2 Å². The maximum Gasteiger partial charge on any atom is 0.416 e. The molecule has 3 rings (SSSR count). The van der Waals surface area contributed by atoms with Crippen molar-refractivity contribution in [3.63, 3.8) is 0 Å². The van der Waals surface area contributed by atoms with Gasteiger partial charge in [-0.3, -0.25) is 4.90 Å². The second-order valence-electron chi connectivity index (χ2n) is 6.60. The van der Waals surface area contributed by atoms with Crippen LogP contribution in [0.2, 0.25) is 5.15 Å². The number of carbonyl (C=O) groups is 1. The third kappa shape index (κ3) is 3.50. The molecule has 0 spiro atoms. The second-order valence-corrected chi connectivity index (χ2v) is 6.96. The number of amides is 1. The van der Waals surface area contributed by atoms with Gasteiger partial charge >= 0.3 is 6.09 Å². The van der Waals surface area contributed by atoms with Gasteiger partial charge in [0.25, 0.3) is 0 Å². The van der Waals surface area contributed by atoms with E-state index in [1.807, 2.05) is 25.7 Å². The van der Waals surface area contributed by atoms with E-state index in [4.69, 9.17) is 21.1 Å². The number of rotatable bonds is 1. The predicted molar refractivity (Wildman–Crippen MR) is 87.4 cm³/mol. The molecule has 7 nitrogen and oxygen atoms in total. The van der Waals surface area contributed by atoms with E-state index < -0.39 is 11.7 Å². The molecule has 1 fully saturated rings. The number of hydrogen-bond acceptors (Lipinski definition) is 6. The zero-order valence-electron chi connectivity index (χ0n) is 13.6. The molecule has 0 N–H and O–H groups in total. The molecule has 0 aliphatic carbocycles. The summed E-state index contributed by atoms with van der Waals surface area (Å²) in [5.74, 6) is 1.09. The molecule has 0 aromatic carbocycles. The first-order chi connectivity index (χ1) is 10.8. The van der Waals surface area contributed by atoms with Crippen molar-refractivity contribution in [3.8, 4) is 0 Å². The Kier molecular flexibility index (Phi) is 4.33. The van der Waals surface area contributed by atoms with Gasteiger partial charge in [0.2, 0.25) is 5.95 Å². The van der Waals surface area contributed by atoms with Crippen molar-refractivity contribution in [3.05, 3.63) is 10.7 Å². The summed E-state index contributed by atoms with van der Waals surface area (Å²) < 4.78 is 10.8. The molecular formula is C15H21ClN4O3. The number of hydrogen-bond donors (Lipinski definition) is 0. The van der Waals surface area contributed by atoms with Gasteiger partial charge in [-0.25, -0.2) is 9.78 Å². The summed E-state index contributed by atoms with van der Waals surface area (Å²) in [6, 6.07) is 0. The number of fused-ring (bicyclic) bond motifs is 1. The van der Waals surface area contributed by atoms with Crippen LogP contribution in [0.4, 0.5) is 16.6 Å². The molecule has 3 heterocycles. The molecule has 2 aliphatic heterocycles. The van der Waals surface area contributed by atoms with Crippen LogP contribution >= 0.6 is 11.6 Å². The number of aromatic nitrogens is 2. The highest BCUT2D eigenvalue weighted by Crippen LogP contribution is 2.33. The number of anilines is 2. The summed E-state index contributed by atoms with van der Waals surface area (Å²) >= 11 is 6.31. The molecule has 0 atom stereocenters. The average Bonchev–Trinajstić information content (AvgIpc) is 2.91. The lowest BCUT2D eigenvalue weighted by Gasteiger charge is -2.28. The van der Waals surface area contributed by atoms with Gasteiger partial charge in [0.1, 0.15) is 16.6 Å². The van der Waals surface area contributed by atoms with Crippen LogP contribution in [0.3, 0.4) is 0 Å². The zero-order chi connectivity index (χ0) is 16.6. The minimum atomic E-state index is -0.552. The molecular weight excluding hydrogens is 320 g/mol. The Balaban J connectivity index is 1.88. The van der Waals surface area contributed by atoms with Gasteiger partial charge in [0.05, 0.1) is 13.2 Å². The van der Waals surface area contributed by atoms with E-state index in [0.717, 1.165) is 5.56 Å². The Morgan fingerprint density at radius 1 is 1.22 bits per heavy atom. The van der Waals surface area contributed by atoms with Gasteiger partial charge in [0.15, 0.2) is 0 Å². The summed E-state index contributed by atoms with van der Waals surface area (Å²) in [4.78, 5) is 24.9. The van der Waals surface area contributed by atoms with E-state index >= 15 is 0 Å². The van der Waals surface area contributed by atoms with Gasteiger partial charge in [-0.05, 0) is 27.2 Å². The highest BCUT2D eigenvalue weighted by atomic mass is 35.5. The molecule has 1 saturated heterocycles. The van der Waals surface area contributed by atoms with Gasteiger partial charge < -0.3 is 14.4 Å². The Morgan fingerprint density at radius 2 is 1.91 bits per heavy atom. The molecule has 8 heteroatoms. The maximum atomic E-state index is 12.4. The number of ether oxygens (including phenoxy) is 2. The van der Waals surface area contributed by atoms with Crippen LogP contribution in [0.1, 0.15) is 26.3 Å². The van der Waals surface area contributed by atoms with Crippen molar-refractivity contribution in [1.29, 1.82) is 0 Å². The normalized spacial score (nSPS) is 18.1. The van der Waals surface area contributed by atoms with Crippen LogP contribution in [-0.2, 0) is 15.9 Å². The van der Waals surface area contributed by atoms with Gasteiger partial charge in [-0.1, -0.05) is 11.6 Å². The third-order valence-electron chi connectivity index (χ3n) is 3.67. The van der Waals surface area contributed by atoms with Crippen LogP contribution in [-0.4, -0.2) is 54.5 Å². The Hall–Kier alpha value is -1.60. The summed E-state index contributed by atoms with van der Waals surface area (Å²) in [5, 5.41) is 0.405. The Bertz CT molecular complexity index is 611. The molecule has 23 heavy (non-hydrogen) atoms. The monoisotopic (exact) mass is 340 g/mol. The SMILES string of the molecule is CC(C)(C)OC(=O)N1CCc2c(Cl)nc(N3CCOCC3)nc21. The number of halogens is 1. The van der Waals surface area contributed by atoms with E-state index in [1.165, 1.54) is 4.90 Å². The Labute approximate surface area is 140 Å². The predicted octanol–water partition coefficient (Wildman–Crippen LogP) is 2.26. The first-order valence-corrected chi connectivity index (χ1v) is 8.12. The Morgan fingerprint density at radius 3 is 2.57 bits per heavy atom. The second kappa shape index (κ2) is 6.13. The topological polar surface area (TPSA) is 67.8 Å². The lowest BCUT2D eigenvalue weighted by molar-refractivity contribution is 0.0583. The smallest absolute Gasteiger partial charge is 0.416 e. The van der Waals surface area contributed by atoms with Crippen molar-refractivity contribution in [1.82, 2.24) is 9.97 Å². The highest BCUT2D eigenvalue weighted by molar-refractivity contribution is 6.30. The first kappa shape index (κ1) is 16.3. The quantitative estimate of drug-likeness (QED) is 0.730. The molecule has 0 unspecified atom stereocenters. The third-order valence-corrected chi connectivity index (χ3v) is 3.98. The van der Waals surface area contributed by atoms with Crippen molar-refractivity contribution in [2.75, 3.05) is 42.6 Å². The van der Waals surface area contributed by atoms with Crippen LogP contribution in [0.15, 0.2) is 0 Å². The summed E-state index contributed by atoms with van der Waals surface area (Å²) in [6.45, 7) is 8.71. The van der Waals surface area contributed by atoms with Crippen molar-refractivity contribution < 1.29 is 14.3 Å². The standard InChI is InChI=1S/C15H21ClN4O3/c1-15(2,3)23-14(21)20-5-4-10-11(16)17-13(18-12(10)20)19-6-8-22-9-7-19/h4-9H2,1-3H3. The van der Waals surface area contributed by atoms with Crippen molar-refractivity contribution in [2.45, 2.75) is 32.8 Å². The number of carbonyl (C=O) groups excluding carboxylic acids is 1.